The molecule has 0 atom stereocenters. The Morgan fingerprint density at radius 2 is 0.818 bits per heavy atom. The van der Waals surface area contributed by atoms with E-state index in [2.05, 4.69) is 64.1 Å². The highest BCUT2D eigenvalue weighted by Gasteiger charge is 1.95. The second-order valence-corrected chi connectivity index (χ2v) is 10.4. The van der Waals surface area contributed by atoms with Crippen LogP contribution in [-0.4, -0.2) is 14.2 Å². The predicted molar refractivity (Wildman–Crippen MR) is 178 cm³/mol. The number of hydrogen-bond donors (Lipinski definition) is 0. The van der Waals surface area contributed by atoms with E-state index in [9.17, 15) is 13.2 Å². The molecule has 0 radical (unpaired) electrons. The second kappa shape index (κ2) is 20.4. The highest BCUT2D eigenvalue weighted by molar-refractivity contribution is 5.35. The van der Waals surface area contributed by atoms with Crippen LogP contribution in [0.3, 0.4) is 0 Å². The molecule has 0 saturated heterocycles. The van der Waals surface area contributed by atoms with Crippen molar-refractivity contribution in [3.8, 4) is 11.5 Å². The van der Waals surface area contributed by atoms with Gasteiger partial charge in [-0.25, -0.2) is 13.2 Å². The molecule has 0 heterocycles. The first kappa shape index (κ1) is 37.5. The molecule has 0 aliphatic heterocycles. The molecule has 0 aromatic heterocycles. The fraction of sp³-hybridized carbons (Fsp3) is 0.231. The molecule has 0 saturated carbocycles. The monoisotopic (exact) mass is 602 g/mol. The molecular weight excluding hydrogens is 557 g/mol. The van der Waals surface area contributed by atoms with Gasteiger partial charge >= 0.3 is 0 Å². The smallest absolute Gasteiger partial charge is 0.126 e. The molecule has 0 unspecified atom stereocenters. The minimum atomic E-state index is -0.521. The molecule has 0 N–H and O–H groups in total. The molecule has 0 spiro atoms. The zero-order valence-electron chi connectivity index (χ0n) is 27.3. The van der Waals surface area contributed by atoms with Crippen molar-refractivity contribution in [1.29, 1.82) is 0 Å². The van der Waals surface area contributed by atoms with Gasteiger partial charge in [0.1, 0.15) is 29.0 Å². The van der Waals surface area contributed by atoms with Gasteiger partial charge in [0, 0.05) is 6.07 Å². The summed E-state index contributed by atoms with van der Waals surface area (Å²) in [6, 6.07) is 32.5. The van der Waals surface area contributed by atoms with Gasteiger partial charge in [0.05, 0.1) is 14.2 Å². The molecule has 234 valence electrons. The van der Waals surface area contributed by atoms with Crippen LogP contribution in [0, 0.1) is 65.9 Å². The summed E-state index contributed by atoms with van der Waals surface area (Å²) in [5.74, 6) is 0.686. The number of rotatable bonds is 2. The van der Waals surface area contributed by atoms with Gasteiger partial charge in [-0.05, 0) is 113 Å². The van der Waals surface area contributed by atoms with Gasteiger partial charge < -0.3 is 9.47 Å². The maximum absolute atomic E-state index is 12.2. The number of ether oxygens (including phenoxy) is 2. The van der Waals surface area contributed by atoms with Crippen molar-refractivity contribution in [3.63, 3.8) is 0 Å². The molecule has 0 fully saturated rings. The summed E-state index contributed by atoms with van der Waals surface area (Å²) >= 11 is 0. The summed E-state index contributed by atoms with van der Waals surface area (Å²) in [5, 5.41) is 0. The Morgan fingerprint density at radius 3 is 1.18 bits per heavy atom. The molecule has 5 aromatic rings. The Bertz CT molecular complexity index is 1420. The van der Waals surface area contributed by atoms with E-state index >= 15 is 0 Å². The van der Waals surface area contributed by atoms with Crippen LogP contribution in [0.4, 0.5) is 13.2 Å². The minimum Gasteiger partial charge on any atom is -0.497 e. The molecule has 5 aromatic carbocycles. The molecule has 44 heavy (non-hydrogen) atoms. The van der Waals surface area contributed by atoms with Crippen molar-refractivity contribution in [3.05, 3.63) is 166 Å². The van der Waals surface area contributed by atoms with Crippen molar-refractivity contribution in [2.24, 2.45) is 0 Å². The summed E-state index contributed by atoms with van der Waals surface area (Å²) in [5.41, 5.74) is 7.91. The number of hydrogen-bond acceptors (Lipinski definition) is 2. The van der Waals surface area contributed by atoms with Gasteiger partial charge in [-0.15, -0.1) is 0 Å². The largest absolute Gasteiger partial charge is 0.497 e. The number of benzene rings is 5. The Kier molecular flexibility index (Phi) is 17.4. The van der Waals surface area contributed by atoms with E-state index in [-0.39, 0.29) is 5.82 Å². The molecule has 2 nitrogen and oxygen atoms in total. The standard InChI is InChI=1S/C9H12O.C8H10O.C8H10.C7H6F2.C7H7F/c1-7-4-5-8(2)9(6-7)10-3;1-7-3-5-8(9-2)6-4-7;1-7-3-5-8(2)6-4-7;1-5-2-6(8)4-7(9)3-5;1-6-3-2-4-7(8)5-6/h4-6H,1-3H3;3-6H,1-2H3;3-6H,1-2H3;2-4H,1H3;2-5H,1H3. The first-order chi connectivity index (χ1) is 20.8. The Labute approximate surface area is 262 Å². The quantitative estimate of drug-likeness (QED) is 0.200. The van der Waals surface area contributed by atoms with Crippen molar-refractivity contribution in [2.45, 2.75) is 48.5 Å². The lowest BCUT2D eigenvalue weighted by Crippen LogP contribution is -1.86. The van der Waals surface area contributed by atoms with Crippen LogP contribution in [0.2, 0.25) is 0 Å². The van der Waals surface area contributed by atoms with Crippen molar-refractivity contribution in [2.75, 3.05) is 14.2 Å². The zero-order chi connectivity index (χ0) is 33.1. The molecular formula is C39H45F3O2. The van der Waals surface area contributed by atoms with Crippen LogP contribution in [-0.2, 0) is 0 Å². The Balaban J connectivity index is 0.000000276. The van der Waals surface area contributed by atoms with Crippen LogP contribution < -0.4 is 9.47 Å². The second-order valence-electron chi connectivity index (χ2n) is 10.4. The maximum Gasteiger partial charge on any atom is 0.126 e. The third kappa shape index (κ3) is 16.8. The summed E-state index contributed by atoms with van der Waals surface area (Å²) in [6.07, 6.45) is 0. The van der Waals surface area contributed by atoms with Crippen molar-refractivity contribution >= 4 is 0 Å². The summed E-state index contributed by atoms with van der Waals surface area (Å²) < 4.78 is 46.6. The number of aryl methyl sites for hydroxylation is 7. The zero-order valence-corrected chi connectivity index (χ0v) is 27.3. The molecule has 5 heteroatoms. The maximum atomic E-state index is 12.2. The average molecular weight is 603 g/mol. The van der Waals surface area contributed by atoms with Gasteiger partial charge in [0.2, 0.25) is 0 Å². The predicted octanol–water partition coefficient (Wildman–Crippen LogP) is 11.0. The summed E-state index contributed by atoms with van der Waals surface area (Å²) in [6.45, 7) is 13.9. The van der Waals surface area contributed by atoms with E-state index in [1.54, 1.807) is 27.2 Å². The van der Waals surface area contributed by atoms with E-state index < -0.39 is 11.6 Å². The third-order valence-corrected chi connectivity index (χ3v) is 6.03. The van der Waals surface area contributed by atoms with E-state index in [1.165, 1.54) is 52.1 Å². The normalized spacial score (nSPS) is 9.36. The topological polar surface area (TPSA) is 18.5 Å². The van der Waals surface area contributed by atoms with E-state index in [0.717, 1.165) is 23.1 Å². The molecule has 0 aliphatic rings. The van der Waals surface area contributed by atoms with Crippen LogP contribution in [0.15, 0.2) is 109 Å². The van der Waals surface area contributed by atoms with E-state index in [0.29, 0.717) is 5.56 Å². The summed E-state index contributed by atoms with van der Waals surface area (Å²) in [7, 11) is 3.37. The Morgan fingerprint density at radius 1 is 0.386 bits per heavy atom. The van der Waals surface area contributed by atoms with Crippen LogP contribution in [0.25, 0.3) is 0 Å². The van der Waals surface area contributed by atoms with Gasteiger partial charge in [-0.1, -0.05) is 77.4 Å². The molecule has 0 aliphatic carbocycles. The lowest BCUT2D eigenvalue weighted by Gasteiger charge is -2.03. The Hall–Kier alpha value is -4.51. The minimum absolute atomic E-state index is 0.162. The number of methoxy groups -OCH3 is 2. The van der Waals surface area contributed by atoms with E-state index in [4.69, 9.17) is 9.47 Å². The molecule has 5 rings (SSSR count). The fourth-order valence-corrected chi connectivity index (χ4v) is 3.54. The molecule has 0 amide bonds. The van der Waals surface area contributed by atoms with Gasteiger partial charge in [0.25, 0.3) is 0 Å². The van der Waals surface area contributed by atoms with Crippen molar-refractivity contribution in [1.82, 2.24) is 0 Å². The van der Waals surface area contributed by atoms with Gasteiger partial charge in [-0.2, -0.15) is 0 Å². The first-order valence-corrected chi connectivity index (χ1v) is 14.2. The number of halogens is 3. The van der Waals surface area contributed by atoms with Crippen LogP contribution in [0.5, 0.6) is 11.5 Å². The van der Waals surface area contributed by atoms with Crippen LogP contribution in [0.1, 0.15) is 38.9 Å². The molecule has 0 bridgehead atoms. The lowest BCUT2D eigenvalue weighted by atomic mass is 10.1. The summed E-state index contributed by atoms with van der Waals surface area (Å²) in [4.78, 5) is 0. The van der Waals surface area contributed by atoms with Gasteiger partial charge in [-0.3, -0.25) is 0 Å². The van der Waals surface area contributed by atoms with Crippen LogP contribution >= 0.6 is 0 Å². The average Bonchev–Trinajstić information content (AvgIpc) is 2.97. The highest BCUT2D eigenvalue weighted by Crippen LogP contribution is 2.17. The third-order valence-electron chi connectivity index (χ3n) is 6.03. The highest BCUT2D eigenvalue weighted by atomic mass is 19.1. The first-order valence-electron chi connectivity index (χ1n) is 14.2. The lowest BCUT2D eigenvalue weighted by molar-refractivity contribution is 0.411. The van der Waals surface area contributed by atoms with Crippen molar-refractivity contribution < 1.29 is 22.6 Å². The van der Waals surface area contributed by atoms with Gasteiger partial charge in [0.15, 0.2) is 0 Å². The fourth-order valence-electron chi connectivity index (χ4n) is 3.54. The van der Waals surface area contributed by atoms with E-state index in [1.807, 2.05) is 50.2 Å². The SMILES string of the molecule is COc1cc(C)ccc1C.COc1ccc(C)cc1.Cc1cc(F)cc(F)c1.Cc1ccc(C)cc1.Cc1cccc(F)c1.